The van der Waals surface area contributed by atoms with E-state index in [0.717, 1.165) is 29.2 Å². The van der Waals surface area contributed by atoms with E-state index in [-0.39, 0.29) is 0 Å². The Hall–Kier alpha value is -2.05. The predicted molar refractivity (Wildman–Crippen MR) is 102 cm³/mol. The topological polar surface area (TPSA) is 68.3 Å². The van der Waals surface area contributed by atoms with Crippen LogP contribution < -0.4 is 5.32 Å². The van der Waals surface area contributed by atoms with E-state index in [4.69, 9.17) is 9.72 Å². The molecule has 2 heterocycles. The molecule has 6 heteroatoms. The molecule has 0 spiro atoms. The number of hydrogen-bond donors (Lipinski definition) is 1. The van der Waals surface area contributed by atoms with Crippen LogP contribution in [0.25, 0.3) is 11.3 Å². The third-order valence-corrected chi connectivity index (χ3v) is 5.30. The molecule has 0 bridgehead atoms. The molecule has 138 valence electrons. The fourth-order valence-electron chi connectivity index (χ4n) is 2.72. The highest BCUT2D eigenvalue weighted by atomic mass is 32.1. The average molecular weight is 372 g/mol. The molecule has 0 aliphatic carbocycles. The first-order chi connectivity index (χ1) is 12.3. The Bertz CT molecular complexity index is 784. The molecule has 0 amide bonds. The van der Waals surface area contributed by atoms with E-state index in [1.807, 2.05) is 17.5 Å². The number of rotatable bonds is 3. The van der Waals surface area contributed by atoms with Crippen LogP contribution in [-0.2, 0) is 9.53 Å². The van der Waals surface area contributed by atoms with Crippen LogP contribution in [0.1, 0.15) is 61.4 Å². The van der Waals surface area contributed by atoms with Gasteiger partial charge in [-0.1, -0.05) is 18.6 Å². The van der Waals surface area contributed by atoms with Crippen molar-refractivity contribution in [2.75, 3.05) is 6.54 Å². The van der Waals surface area contributed by atoms with Crippen molar-refractivity contribution in [2.45, 2.75) is 46.1 Å². The number of nitrogens with one attached hydrogen (secondary N) is 1. The molecule has 1 aliphatic heterocycles. The summed E-state index contributed by atoms with van der Waals surface area (Å²) in [6.45, 7) is 6.19. The van der Waals surface area contributed by atoms with Crippen molar-refractivity contribution < 1.29 is 14.3 Å². The molecule has 0 unspecified atom stereocenters. The molecule has 2 aromatic rings. The first-order valence-electron chi connectivity index (χ1n) is 8.90. The zero-order valence-corrected chi connectivity index (χ0v) is 16.2. The standard InChI is InChI=1S/C20H24N2O3S/c1-20(2,3)19(24)25-18(23)14-9-7-13(8-10-14)16-12-26-17(22-16)15-6-4-5-11-21-15/h7-10,12,15,21H,4-6,11H2,1-3H3/t15-/m1/s1. The van der Waals surface area contributed by atoms with Gasteiger partial charge < -0.3 is 10.1 Å². The largest absolute Gasteiger partial charge is 0.389 e. The van der Waals surface area contributed by atoms with Gasteiger partial charge in [-0.2, -0.15) is 0 Å². The highest BCUT2D eigenvalue weighted by Gasteiger charge is 2.26. The molecule has 1 aromatic carbocycles. The molecule has 0 saturated carbocycles. The molecule has 1 N–H and O–H groups in total. The summed E-state index contributed by atoms with van der Waals surface area (Å²) in [6, 6.07) is 7.37. The fraction of sp³-hybridized carbons (Fsp3) is 0.450. The number of nitrogens with zero attached hydrogens (tertiary/aromatic N) is 1. The van der Waals surface area contributed by atoms with Gasteiger partial charge in [0, 0.05) is 10.9 Å². The van der Waals surface area contributed by atoms with Crippen LogP contribution in [0.5, 0.6) is 0 Å². The van der Waals surface area contributed by atoms with Gasteiger partial charge in [0.05, 0.1) is 22.7 Å². The zero-order valence-electron chi connectivity index (χ0n) is 15.4. The van der Waals surface area contributed by atoms with Gasteiger partial charge in [0.25, 0.3) is 0 Å². The minimum absolute atomic E-state index is 0.347. The lowest BCUT2D eigenvalue weighted by Crippen LogP contribution is -2.26. The van der Waals surface area contributed by atoms with E-state index in [2.05, 4.69) is 5.32 Å². The van der Waals surface area contributed by atoms with Gasteiger partial charge in [-0.05, 0) is 52.3 Å². The number of ether oxygens (including phenoxy) is 1. The van der Waals surface area contributed by atoms with Gasteiger partial charge >= 0.3 is 11.9 Å². The quantitative estimate of drug-likeness (QED) is 0.641. The third kappa shape index (κ3) is 4.37. The Balaban J connectivity index is 1.69. The number of carbonyl (C=O) groups excluding carboxylic acids is 2. The average Bonchev–Trinajstić information content (AvgIpc) is 3.12. The van der Waals surface area contributed by atoms with Crippen molar-refractivity contribution in [3.05, 3.63) is 40.2 Å². The van der Waals surface area contributed by atoms with Gasteiger partial charge in [0.2, 0.25) is 0 Å². The monoisotopic (exact) mass is 372 g/mol. The predicted octanol–water partition coefficient (Wildman–Crippen LogP) is 4.35. The Morgan fingerprint density at radius 1 is 1.19 bits per heavy atom. The molecular formula is C20H24N2O3S. The Labute approximate surface area is 157 Å². The second-order valence-corrected chi connectivity index (χ2v) is 8.47. The van der Waals surface area contributed by atoms with E-state index < -0.39 is 17.4 Å². The number of aromatic nitrogens is 1. The van der Waals surface area contributed by atoms with Crippen molar-refractivity contribution in [3.63, 3.8) is 0 Å². The smallest absolute Gasteiger partial charge is 0.345 e. The molecule has 26 heavy (non-hydrogen) atoms. The summed E-state index contributed by atoms with van der Waals surface area (Å²) in [4.78, 5) is 28.7. The summed E-state index contributed by atoms with van der Waals surface area (Å²) in [7, 11) is 0. The summed E-state index contributed by atoms with van der Waals surface area (Å²) in [5, 5.41) is 6.66. The van der Waals surface area contributed by atoms with Gasteiger partial charge in [-0.25, -0.2) is 9.78 Å². The second kappa shape index (κ2) is 7.68. The van der Waals surface area contributed by atoms with Crippen LogP contribution in [-0.4, -0.2) is 23.5 Å². The second-order valence-electron chi connectivity index (χ2n) is 7.58. The van der Waals surface area contributed by atoms with Crippen molar-refractivity contribution >= 4 is 23.3 Å². The number of esters is 2. The number of piperidine rings is 1. The van der Waals surface area contributed by atoms with Crippen LogP contribution >= 0.6 is 11.3 Å². The maximum atomic E-state index is 12.1. The highest BCUT2D eigenvalue weighted by molar-refractivity contribution is 7.10. The number of hydrogen-bond acceptors (Lipinski definition) is 6. The van der Waals surface area contributed by atoms with E-state index >= 15 is 0 Å². The van der Waals surface area contributed by atoms with Gasteiger partial charge in [-0.15, -0.1) is 11.3 Å². The van der Waals surface area contributed by atoms with E-state index in [0.29, 0.717) is 11.6 Å². The van der Waals surface area contributed by atoms with Crippen molar-refractivity contribution in [3.8, 4) is 11.3 Å². The van der Waals surface area contributed by atoms with Crippen LogP contribution in [0.3, 0.4) is 0 Å². The Morgan fingerprint density at radius 2 is 1.92 bits per heavy atom. The Kier molecular flexibility index (Phi) is 5.53. The fourth-order valence-corrected chi connectivity index (χ4v) is 3.65. The van der Waals surface area contributed by atoms with Crippen LogP contribution in [0.15, 0.2) is 29.6 Å². The molecule has 1 aliphatic rings. The first-order valence-corrected chi connectivity index (χ1v) is 9.78. The van der Waals surface area contributed by atoms with Crippen LogP contribution in [0, 0.1) is 5.41 Å². The Morgan fingerprint density at radius 3 is 2.54 bits per heavy atom. The van der Waals surface area contributed by atoms with Gasteiger partial charge in [-0.3, -0.25) is 4.79 Å². The van der Waals surface area contributed by atoms with Gasteiger partial charge in [0.15, 0.2) is 0 Å². The van der Waals surface area contributed by atoms with Crippen LogP contribution in [0.4, 0.5) is 0 Å². The minimum Gasteiger partial charge on any atom is -0.389 e. The zero-order chi connectivity index (χ0) is 18.7. The summed E-state index contributed by atoms with van der Waals surface area (Å²) < 4.78 is 4.93. The lowest BCUT2D eigenvalue weighted by molar-refractivity contribution is -0.146. The molecular weight excluding hydrogens is 348 g/mol. The summed E-state index contributed by atoms with van der Waals surface area (Å²) in [5.41, 5.74) is 1.50. The molecule has 1 aromatic heterocycles. The normalized spacial score (nSPS) is 17.7. The summed E-state index contributed by atoms with van der Waals surface area (Å²) in [5.74, 6) is -1.16. The molecule has 1 saturated heterocycles. The lowest BCUT2D eigenvalue weighted by Gasteiger charge is -2.21. The SMILES string of the molecule is CC(C)(C)C(=O)OC(=O)c1ccc(-c2csc([C@H]3CCCCN3)n2)cc1. The molecule has 0 radical (unpaired) electrons. The first kappa shape index (κ1) is 18.7. The highest BCUT2D eigenvalue weighted by Crippen LogP contribution is 2.29. The lowest BCUT2D eigenvalue weighted by atomic mass is 9.97. The molecule has 5 nitrogen and oxygen atoms in total. The van der Waals surface area contributed by atoms with E-state index in [9.17, 15) is 9.59 Å². The van der Waals surface area contributed by atoms with E-state index in [1.54, 1.807) is 44.2 Å². The number of thiazole rings is 1. The van der Waals surface area contributed by atoms with Crippen molar-refractivity contribution in [1.29, 1.82) is 0 Å². The number of benzene rings is 1. The van der Waals surface area contributed by atoms with Crippen molar-refractivity contribution in [2.24, 2.45) is 5.41 Å². The maximum Gasteiger partial charge on any atom is 0.345 e. The third-order valence-electron chi connectivity index (χ3n) is 4.34. The number of carbonyl (C=O) groups is 2. The van der Waals surface area contributed by atoms with E-state index in [1.165, 1.54) is 12.8 Å². The van der Waals surface area contributed by atoms with Gasteiger partial charge in [0.1, 0.15) is 5.01 Å². The van der Waals surface area contributed by atoms with Crippen LogP contribution in [0.2, 0.25) is 0 Å². The summed E-state index contributed by atoms with van der Waals surface area (Å²) in [6.07, 6.45) is 3.58. The van der Waals surface area contributed by atoms with Crippen molar-refractivity contribution in [1.82, 2.24) is 10.3 Å². The summed E-state index contributed by atoms with van der Waals surface area (Å²) >= 11 is 1.66. The molecule has 3 rings (SSSR count). The molecule has 1 fully saturated rings. The minimum atomic E-state index is -0.709. The maximum absolute atomic E-state index is 12.1. The molecule has 1 atom stereocenters.